The average molecular weight is 668 g/mol. The molecule has 0 fully saturated rings. The summed E-state index contributed by atoms with van der Waals surface area (Å²) in [7, 11) is -3.48. The topological polar surface area (TPSA) is 134 Å². The van der Waals surface area contributed by atoms with Gasteiger partial charge in [-0.05, 0) is 94.6 Å². The zero-order valence-corrected chi connectivity index (χ0v) is 29.0. The molecule has 0 bridgehead atoms. The molecule has 5 rings (SSSR count). The number of carbonyl (C=O) groups is 2. The van der Waals surface area contributed by atoms with Crippen molar-refractivity contribution in [2.24, 2.45) is 0 Å². The second kappa shape index (κ2) is 13.2. The van der Waals surface area contributed by atoms with Crippen LogP contribution in [0.1, 0.15) is 69.0 Å². The van der Waals surface area contributed by atoms with Crippen LogP contribution in [-0.4, -0.2) is 56.3 Å². The third-order valence-electron chi connectivity index (χ3n) is 8.42. The lowest BCUT2D eigenvalue weighted by atomic mass is 9.97. The lowest BCUT2D eigenvalue weighted by molar-refractivity contribution is -0.122. The number of amides is 2. The van der Waals surface area contributed by atoms with Crippen molar-refractivity contribution in [3.8, 4) is 11.5 Å². The van der Waals surface area contributed by atoms with Crippen LogP contribution in [-0.2, 0) is 14.6 Å². The van der Waals surface area contributed by atoms with Gasteiger partial charge in [0.15, 0.2) is 15.7 Å². The molecule has 2 aromatic heterocycles. The van der Waals surface area contributed by atoms with E-state index in [9.17, 15) is 23.1 Å². The van der Waals surface area contributed by atoms with E-state index >= 15 is 0 Å². The van der Waals surface area contributed by atoms with Crippen LogP contribution >= 0.6 is 0 Å². The molecular weight excluding hydrogens is 627 g/mol. The van der Waals surface area contributed by atoms with E-state index in [1.165, 1.54) is 36.0 Å². The summed E-state index contributed by atoms with van der Waals surface area (Å²) < 4.78 is 27.0. The highest BCUT2D eigenvalue weighted by atomic mass is 32.2. The molecular formula is C37H41N5O5S. The van der Waals surface area contributed by atoms with Crippen molar-refractivity contribution >= 4 is 38.6 Å². The Bertz CT molecular complexity index is 2060. The molecule has 2 amide bonds. The Labute approximate surface area is 281 Å². The van der Waals surface area contributed by atoms with Crippen molar-refractivity contribution in [1.29, 1.82) is 0 Å². The van der Waals surface area contributed by atoms with E-state index in [4.69, 9.17) is 4.98 Å². The summed E-state index contributed by atoms with van der Waals surface area (Å²) in [5.74, 6) is -0.0153. The number of carboxylic acid groups (broad SMARTS) is 1. The third kappa shape index (κ3) is 6.96. The van der Waals surface area contributed by atoms with Crippen LogP contribution in [0.4, 0.5) is 10.5 Å². The number of aromatic nitrogens is 3. The Morgan fingerprint density at radius 3 is 2.10 bits per heavy atom. The molecule has 3 aromatic carbocycles. The van der Waals surface area contributed by atoms with Gasteiger partial charge in [0, 0.05) is 5.54 Å². The van der Waals surface area contributed by atoms with E-state index < -0.39 is 33.4 Å². The summed E-state index contributed by atoms with van der Waals surface area (Å²) >= 11 is 0. The predicted molar refractivity (Wildman–Crippen MR) is 188 cm³/mol. The first-order valence-electron chi connectivity index (χ1n) is 15.8. The molecule has 0 aliphatic rings. The molecule has 2 heterocycles. The Kier molecular flexibility index (Phi) is 9.46. The van der Waals surface area contributed by atoms with Gasteiger partial charge in [-0.1, -0.05) is 55.0 Å². The van der Waals surface area contributed by atoms with Crippen molar-refractivity contribution in [2.75, 3.05) is 11.1 Å². The number of imidazole rings is 1. The second-order valence-corrected chi connectivity index (χ2v) is 15.3. The summed E-state index contributed by atoms with van der Waals surface area (Å²) in [6, 6.07) is 22.5. The first kappa shape index (κ1) is 34.3. The highest BCUT2D eigenvalue weighted by molar-refractivity contribution is 7.91. The zero-order chi connectivity index (χ0) is 35.0. The van der Waals surface area contributed by atoms with Gasteiger partial charge < -0.3 is 15.0 Å². The smallest absolute Gasteiger partial charge is 0.408 e. The van der Waals surface area contributed by atoms with E-state index in [2.05, 4.69) is 59.0 Å². The van der Waals surface area contributed by atoms with Crippen molar-refractivity contribution in [1.82, 2.24) is 19.4 Å². The maximum Gasteiger partial charge on any atom is 0.408 e. The molecule has 0 radical (unpaired) electrons. The van der Waals surface area contributed by atoms with E-state index in [0.717, 1.165) is 27.1 Å². The van der Waals surface area contributed by atoms with Gasteiger partial charge in [0.2, 0.25) is 0 Å². The monoisotopic (exact) mass is 667 g/mol. The maximum atomic E-state index is 13.9. The number of carbonyl (C=O) groups excluding carboxylic acids is 1. The number of hydrogen-bond acceptors (Lipinski definition) is 6. The summed E-state index contributed by atoms with van der Waals surface area (Å²) in [5.41, 5.74) is 5.57. The normalized spacial score (nSPS) is 13.2. The molecule has 0 saturated carbocycles. The summed E-state index contributed by atoms with van der Waals surface area (Å²) in [4.78, 5) is 37.2. The quantitative estimate of drug-likeness (QED) is 0.166. The number of pyridine rings is 1. The molecule has 2 N–H and O–H groups in total. The summed E-state index contributed by atoms with van der Waals surface area (Å²) in [5, 5.41) is 13.0. The van der Waals surface area contributed by atoms with Crippen molar-refractivity contribution < 1.29 is 23.1 Å². The minimum atomic E-state index is -3.48. The van der Waals surface area contributed by atoms with Crippen molar-refractivity contribution in [3.63, 3.8) is 0 Å². The largest absolute Gasteiger partial charge is 0.465 e. The lowest BCUT2D eigenvalue weighted by Crippen LogP contribution is -2.50. The first-order valence-corrected chi connectivity index (χ1v) is 17.4. The number of anilines is 1. The third-order valence-corrected chi connectivity index (χ3v) is 10.2. The fourth-order valence-corrected chi connectivity index (χ4v) is 6.69. The van der Waals surface area contributed by atoms with E-state index in [1.54, 1.807) is 39.8 Å². The standard InChI is InChI=1S/C37H41N5O5S/c1-8-48(46,47)29-17-14-27(15-18-29)33(42(36(44)45)37(5,6)7)35(43)39-28-16-20-31(38-22-28)34-40-30-19-11-24(3)21-32(30)41(34)25(4)26-12-9-23(2)10-13-26/h9-22,25,33H,8H2,1-7H3,(H,39,43)(H,44,45)/t25-,33?/m0/s1. The SMILES string of the molecule is CCS(=O)(=O)c1ccc(C(C(=O)Nc2ccc(-c3nc4ccc(C)cc4n3[C@@H](C)c3ccc(C)cc3)nc2)N(C(=O)O)C(C)(C)C)cc1. The van der Waals surface area contributed by atoms with Crippen LogP contribution < -0.4 is 5.32 Å². The van der Waals surface area contributed by atoms with Gasteiger partial charge in [-0.3, -0.25) is 14.7 Å². The molecule has 250 valence electrons. The lowest BCUT2D eigenvalue weighted by Gasteiger charge is -2.39. The minimum Gasteiger partial charge on any atom is -0.465 e. The van der Waals surface area contributed by atoms with Crippen LogP contribution in [0, 0.1) is 13.8 Å². The number of nitrogens with one attached hydrogen (secondary N) is 1. The van der Waals surface area contributed by atoms with Gasteiger partial charge in [-0.2, -0.15) is 0 Å². The van der Waals surface area contributed by atoms with Crippen LogP contribution in [0.2, 0.25) is 0 Å². The Balaban J connectivity index is 1.50. The van der Waals surface area contributed by atoms with Crippen LogP contribution in [0.15, 0.2) is 90.0 Å². The number of fused-ring (bicyclic) bond motifs is 1. The summed E-state index contributed by atoms with van der Waals surface area (Å²) in [6.07, 6.45) is 0.229. The number of aryl methyl sites for hydroxylation is 2. The molecule has 0 saturated heterocycles. The molecule has 11 heteroatoms. The van der Waals surface area contributed by atoms with Gasteiger partial charge >= 0.3 is 6.09 Å². The molecule has 0 spiro atoms. The first-order chi connectivity index (χ1) is 22.6. The van der Waals surface area contributed by atoms with E-state index in [1.807, 2.05) is 19.1 Å². The van der Waals surface area contributed by atoms with Gasteiger partial charge in [-0.25, -0.2) is 18.2 Å². The number of benzene rings is 3. The molecule has 0 aliphatic heterocycles. The van der Waals surface area contributed by atoms with Crippen LogP contribution in [0.3, 0.4) is 0 Å². The Morgan fingerprint density at radius 2 is 1.54 bits per heavy atom. The van der Waals surface area contributed by atoms with Gasteiger partial charge in [0.25, 0.3) is 5.91 Å². The molecule has 48 heavy (non-hydrogen) atoms. The van der Waals surface area contributed by atoms with Gasteiger partial charge in [0.05, 0.1) is 39.6 Å². The van der Waals surface area contributed by atoms with Crippen LogP contribution in [0.25, 0.3) is 22.6 Å². The number of sulfone groups is 1. The molecule has 5 aromatic rings. The fourth-order valence-electron chi connectivity index (χ4n) is 5.81. The molecule has 0 aliphatic carbocycles. The molecule has 10 nitrogen and oxygen atoms in total. The van der Waals surface area contributed by atoms with E-state index in [0.29, 0.717) is 22.8 Å². The Morgan fingerprint density at radius 1 is 0.917 bits per heavy atom. The number of rotatable bonds is 9. The Hall–Kier alpha value is -5.03. The molecule has 1 unspecified atom stereocenters. The molecule has 2 atom stereocenters. The van der Waals surface area contributed by atoms with Crippen molar-refractivity contribution in [3.05, 3.63) is 107 Å². The maximum absolute atomic E-state index is 13.9. The van der Waals surface area contributed by atoms with Crippen LogP contribution in [0.5, 0.6) is 0 Å². The zero-order valence-electron chi connectivity index (χ0n) is 28.2. The van der Waals surface area contributed by atoms with E-state index in [-0.39, 0.29) is 16.7 Å². The fraction of sp³-hybridized carbons (Fsp3) is 0.297. The number of nitrogens with zero attached hydrogens (tertiary/aromatic N) is 4. The van der Waals surface area contributed by atoms with Gasteiger partial charge in [-0.15, -0.1) is 0 Å². The number of hydrogen-bond donors (Lipinski definition) is 2. The minimum absolute atomic E-state index is 0.0487. The van der Waals surface area contributed by atoms with Gasteiger partial charge in [0.1, 0.15) is 11.7 Å². The predicted octanol–water partition coefficient (Wildman–Crippen LogP) is 7.58. The summed E-state index contributed by atoms with van der Waals surface area (Å²) in [6.45, 7) is 12.9. The average Bonchev–Trinajstić information content (AvgIpc) is 3.41. The van der Waals surface area contributed by atoms with Crippen molar-refractivity contribution in [2.45, 2.75) is 71.0 Å². The highest BCUT2D eigenvalue weighted by Crippen LogP contribution is 2.33. The highest BCUT2D eigenvalue weighted by Gasteiger charge is 2.39. The second-order valence-electron chi connectivity index (χ2n) is 13.0.